The van der Waals surface area contributed by atoms with Crippen LogP contribution in [-0.2, 0) is 11.2 Å². The predicted molar refractivity (Wildman–Crippen MR) is 78.6 cm³/mol. The largest absolute Gasteiger partial charge is 0.493 e. The summed E-state index contributed by atoms with van der Waals surface area (Å²) in [4.78, 5) is 11.8. The van der Waals surface area contributed by atoms with Gasteiger partial charge in [-0.1, -0.05) is 6.07 Å². The molecule has 0 unspecified atom stereocenters. The summed E-state index contributed by atoms with van der Waals surface area (Å²) in [6.45, 7) is 4.57. The van der Waals surface area contributed by atoms with Crippen molar-refractivity contribution < 1.29 is 14.6 Å². The lowest BCUT2D eigenvalue weighted by atomic mass is 10.0. The van der Waals surface area contributed by atoms with E-state index in [-0.39, 0.29) is 12.5 Å². The van der Waals surface area contributed by atoms with Gasteiger partial charge in [-0.3, -0.25) is 4.79 Å². The molecule has 1 aromatic rings. The number of carbonyl (C=O) groups excluding carboxylic acids is 1. The summed E-state index contributed by atoms with van der Waals surface area (Å²) in [5, 5.41) is 11.8. The Morgan fingerprint density at radius 1 is 1.50 bits per heavy atom. The van der Waals surface area contributed by atoms with Crippen LogP contribution in [0.2, 0.25) is 0 Å². The van der Waals surface area contributed by atoms with Gasteiger partial charge in [0, 0.05) is 24.6 Å². The summed E-state index contributed by atoms with van der Waals surface area (Å²) in [6.07, 6.45) is 4.77. The van der Waals surface area contributed by atoms with Gasteiger partial charge in [-0.15, -0.1) is 0 Å². The second kappa shape index (κ2) is 6.09. The molecule has 4 heteroatoms. The maximum absolute atomic E-state index is 11.8. The van der Waals surface area contributed by atoms with E-state index in [9.17, 15) is 4.79 Å². The molecule has 0 saturated carbocycles. The number of benzene rings is 1. The molecule has 1 aliphatic rings. The van der Waals surface area contributed by atoms with Crippen LogP contribution in [0.1, 0.15) is 31.4 Å². The van der Waals surface area contributed by atoms with E-state index < -0.39 is 5.54 Å². The van der Waals surface area contributed by atoms with Gasteiger partial charge in [0.2, 0.25) is 5.91 Å². The normalized spacial score (nSPS) is 14.2. The minimum atomic E-state index is -0.401. The van der Waals surface area contributed by atoms with Crippen molar-refractivity contribution >= 4 is 12.0 Å². The highest BCUT2D eigenvalue weighted by Crippen LogP contribution is 2.26. The van der Waals surface area contributed by atoms with Gasteiger partial charge in [0.15, 0.2) is 0 Å². The van der Waals surface area contributed by atoms with Gasteiger partial charge >= 0.3 is 0 Å². The van der Waals surface area contributed by atoms with Crippen molar-refractivity contribution in [3.05, 3.63) is 35.4 Å². The van der Waals surface area contributed by atoms with Gasteiger partial charge in [-0.05, 0) is 49.6 Å². The van der Waals surface area contributed by atoms with E-state index in [0.717, 1.165) is 24.3 Å². The first-order valence-electron chi connectivity index (χ1n) is 6.87. The molecule has 1 aliphatic heterocycles. The minimum absolute atomic E-state index is 0.0574. The van der Waals surface area contributed by atoms with Gasteiger partial charge in [-0.25, -0.2) is 0 Å². The highest BCUT2D eigenvalue weighted by atomic mass is 16.5. The highest BCUT2D eigenvalue weighted by molar-refractivity contribution is 5.92. The highest BCUT2D eigenvalue weighted by Gasteiger charge is 2.18. The van der Waals surface area contributed by atoms with Crippen LogP contribution in [0.4, 0.5) is 0 Å². The number of rotatable bonds is 5. The molecule has 0 bridgehead atoms. The summed E-state index contributed by atoms with van der Waals surface area (Å²) in [5.74, 6) is 0.788. The maximum atomic E-state index is 11.8. The Morgan fingerprint density at radius 2 is 2.30 bits per heavy atom. The number of carbonyl (C=O) groups is 1. The molecule has 0 radical (unpaired) electrons. The zero-order valence-corrected chi connectivity index (χ0v) is 12.0. The van der Waals surface area contributed by atoms with Crippen molar-refractivity contribution in [2.45, 2.75) is 32.2 Å². The number of nitrogens with one attached hydrogen (secondary N) is 1. The topological polar surface area (TPSA) is 58.6 Å². The number of amides is 1. The van der Waals surface area contributed by atoms with Crippen molar-refractivity contribution in [2.75, 3.05) is 13.2 Å². The average Bonchev–Trinajstić information content (AvgIpc) is 2.82. The summed E-state index contributed by atoms with van der Waals surface area (Å²) in [6, 6.07) is 5.92. The lowest BCUT2D eigenvalue weighted by Crippen LogP contribution is -2.43. The van der Waals surface area contributed by atoms with Crippen LogP contribution in [0.25, 0.3) is 6.08 Å². The van der Waals surface area contributed by atoms with E-state index in [1.54, 1.807) is 6.08 Å². The monoisotopic (exact) mass is 275 g/mol. The Morgan fingerprint density at radius 3 is 3.05 bits per heavy atom. The maximum Gasteiger partial charge on any atom is 0.244 e. The molecule has 0 spiro atoms. The Bertz CT molecular complexity index is 520. The summed E-state index contributed by atoms with van der Waals surface area (Å²) in [5.41, 5.74) is 1.78. The molecule has 0 fully saturated rings. The number of hydrogen-bond donors (Lipinski definition) is 2. The fraction of sp³-hybridized carbons (Fsp3) is 0.438. The van der Waals surface area contributed by atoms with E-state index in [4.69, 9.17) is 9.84 Å². The molecule has 0 saturated heterocycles. The van der Waals surface area contributed by atoms with Crippen LogP contribution >= 0.6 is 0 Å². The van der Waals surface area contributed by atoms with E-state index in [1.165, 1.54) is 11.6 Å². The fourth-order valence-corrected chi connectivity index (χ4v) is 2.20. The van der Waals surface area contributed by atoms with Crippen molar-refractivity contribution in [3.63, 3.8) is 0 Å². The first-order chi connectivity index (χ1) is 9.50. The van der Waals surface area contributed by atoms with E-state index in [1.807, 2.05) is 32.0 Å². The molecule has 20 heavy (non-hydrogen) atoms. The third-order valence-corrected chi connectivity index (χ3v) is 3.34. The zero-order valence-electron chi connectivity index (χ0n) is 12.0. The molecule has 2 N–H and O–H groups in total. The summed E-state index contributed by atoms with van der Waals surface area (Å²) < 4.78 is 5.44. The standard InChI is InChI=1S/C16H21NO3/c1-16(2,8-9-18)17-15(19)6-4-12-3-5-14-13(11-12)7-10-20-14/h3-6,11,18H,7-10H2,1-2H3,(H,17,19)/b6-4+. The van der Waals surface area contributed by atoms with Gasteiger partial charge in [0.1, 0.15) is 5.75 Å². The van der Waals surface area contributed by atoms with E-state index in [2.05, 4.69) is 5.32 Å². The summed E-state index contributed by atoms with van der Waals surface area (Å²) in [7, 11) is 0. The van der Waals surface area contributed by atoms with Crippen molar-refractivity contribution in [2.24, 2.45) is 0 Å². The van der Waals surface area contributed by atoms with Crippen LogP contribution in [0, 0.1) is 0 Å². The molecule has 1 heterocycles. The number of aliphatic hydroxyl groups excluding tert-OH is 1. The Hall–Kier alpha value is -1.81. The SMILES string of the molecule is CC(C)(CCO)NC(=O)/C=C/c1ccc2c(c1)CCO2. The minimum Gasteiger partial charge on any atom is -0.493 e. The molecule has 0 aromatic heterocycles. The third-order valence-electron chi connectivity index (χ3n) is 3.34. The first-order valence-corrected chi connectivity index (χ1v) is 6.87. The molecule has 0 aliphatic carbocycles. The zero-order chi connectivity index (χ0) is 14.6. The molecule has 1 amide bonds. The molecule has 0 atom stereocenters. The van der Waals surface area contributed by atoms with Crippen LogP contribution in [-0.4, -0.2) is 29.8 Å². The Kier molecular flexibility index (Phi) is 4.45. The quantitative estimate of drug-likeness (QED) is 0.807. The average molecular weight is 275 g/mol. The van der Waals surface area contributed by atoms with Crippen LogP contribution in [0.5, 0.6) is 5.75 Å². The van der Waals surface area contributed by atoms with E-state index >= 15 is 0 Å². The van der Waals surface area contributed by atoms with Crippen molar-refractivity contribution in [1.29, 1.82) is 0 Å². The van der Waals surface area contributed by atoms with Crippen LogP contribution < -0.4 is 10.1 Å². The molecule has 4 nitrogen and oxygen atoms in total. The number of hydrogen-bond acceptors (Lipinski definition) is 3. The predicted octanol–water partition coefficient (Wildman–Crippen LogP) is 1.91. The van der Waals surface area contributed by atoms with Crippen LogP contribution in [0.15, 0.2) is 24.3 Å². The molecule has 108 valence electrons. The second-order valence-electron chi connectivity index (χ2n) is 5.65. The fourth-order valence-electron chi connectivity index (χ4n) is 2.20. The number of aliphatic hydroxyl groups is 1. The molecule has 2 rings (SSSR count). The molecular weight excluding hydrogens is 254 g/mol. The van der Waals surface area contributed by atoms with E-state index in [0.29, 0.717) is 6.42 Å². The number of ether oxygens (including phenoxy) is 1. The first kappa shape index (κ1) is 14.6. The second-order valence-corrected chi connectivity index (χ2v) is 5.65. The summed E-state index contributed by atoms with van der Waals surface area (Å²) >= 11 is 0. The van der Waals surface area contributed by atoms with Gasteiger partial charge in [0.05, 0.1) is 6.61 Å². The van der Waals surface area contributed by atoms with Gasteiger partial charge in [0.25, 0.3) is 0 Å². The number of fused-ring (bicyclic) bond motifs is 1. The lowest BCUT2D eigenvalue weighted by molar-refractivity contribution is -0.118. The Balaban J connectivity index is 1.97. The lowest BCUT2D eigenvalue weighted by Gasteiger charge is -2.24. The van der Waals surface area contributed by atoms with Crippen molar-refractivity contribution in [3.8, 4) is 5.75 Å². The van der Waals surface area contributed by atoms with Gasteiger partial charge < -0.3 is 15.2 Å². The third kappa shape index (κ3) is 3.84. The van der Waals surface area contributed by atoms with Crippen molar-refractivity contribution in [1.82, 2.24) is 5.32 Å². The Labute approximate surface area is 119 Å². The molecule has 1 aromatic carbocycles. The smallest absolute Gasteiger partial charge is 0.244 e. The molecular formula is C16H21NO3. The van der Waals surface area contributed by atoms with Crippen LogP contribution in [0.3, 0.4) is 0 Å². The van der Waals surface area contributed by atoms with Gasteiger partial charge in [-0.2, -0.15) is 0 Å².